The van der Waals surface area contributed by atoms with Crippen LogP contribution in [0.1, 0.15) is 13.8 Å². The van der Waals surface area contributed by atoms with E-state index in [2.05, 4.69) is 0 Å². The zero-order chi connectivity index (χ0) is 14.6. The maximum absolute atomic E-state index is 12.1. The Balaban J connectivity index is 4.33. The summed E-state index contributed by atoms with van der Waals surface area (Å²) in [6, 6.07) is -0.744. The van der Waals surface area contributed by atoms with Crippen LogP contribution in [0.4, 0.5) is 26.3 Å². The van der Waals surface area contributed by atoms with E-state index in [1.807, 2.05) is 0 Å². The second-order valence-corrected chi connectivity index (χ2v) is 3.95. The van der Waals surface area contributed by atoms with Crippen molar-refractivity contribution in [2.45, 2.75) is 32.2 Å². The Kier molecular flexibility index (Phi) is 5.91. The highest BCUT2D eigenvalue weighted by molar-refractivity contribution is 5.78. The average molecular weight is 280 g/mol. The minimum Gasteiger partial charge on any atom is -0.330 e. The van der Waals surface area contributed by atoms with Gasteiger partial charge in [-0.1, -0.05) is 0 Å². The molecule has 9 heteroatoms. The molecule has 0 spiro atoms. The Bertz CT molecular complexity index is 273. The van der Waals surface area contributed by atoms with Crippen LogP contribution in [0, 0.1) is 0 Å². The number of alkyl halides is 6. The van der Waals surface area contributed by atoms with Crippen molar-refractivity contribution in [3.63, 3.8) is 0 Å². The van der Waals surface area contributed by atoms with Gasteiger partial charge in [0.15, 0.2) is 0 Å². The molecule has 0 atom stereocenters. The predicted octanol–water partition coefficient (Wildman–Crippen LogP) is 1.94. The molecule has 0 unspecified atom stereocenters. The molecule has 0 radical (unpaired) electrons. The van der Waals surface area contributed by atoms with Gasteiger partial charge in [0.05, 0.1) is 13.1 Å². The molecule has 0 aromatic heterocycles. The van der Waals surface area contributed by atoms with E-state index >= 15 is 0 Å². The highest BCUT2D eigenvalue weighted by Gasteiger charge is 2.34. The largest absolute Gasteiger partial charge is 0.406 e. The number of nitrogens with one attached hydrogen (secondary N) is 1. The number of amides is 1. The predicted molar refractivity (Wildman–Crippen MR) is 51.8 cm³/mol. The van der Waals surface area contributed by atoms with Crippen LogP contribution in [-0.2, 0) is 4.79 Å². The topological polar surface area (TPSA) is 32.3 Å². The van der Waals surface area contributed by atoms with Crippen molar-refractivity contribution in [3.05, 3.63) is 0 Å². The number of carbonyl (C=O) groups excluding carboxylic acids is 1. The first-order valence-electron chi connectivity index (χ1n) is 5.06. The third kappa shape index (κ3) is 8.15. The Morgan fingerprint density at radius 2 is 1.61 bits per heavy atom. The quantitative estimate of drug-likeness (QED) is 0.781. The van der Waals surface area contributed by atoms with Crippen molar-refractivity contribution in [2.75, 3.05) is 19.6 Å². The minimum absolute atomic E-state index is 0.476. The van der Waals surface area contributed by atoms with Crippen molar-refractivity contribution in [1.82, 2.24) is 10.2 Å². The number of carbonyl (C=O) groups is 1. The van der Waals surface area contributed by atoms with E-state index in [0.29, 0.717) is 4.90 Å². The van der Waals surface area contributed by atoms with Crippen molar-refractivity contribution in [3.8, 4) is 0 Å². The standard InChI is InChI=1S/C9H14F6N2O/c1-6(2)17(5-9(13,14)15)7(18)3-16-4-8(10,11)12/h6,16H,3-5H2,1-2H3. The summed E-state index contributed by atoms with van der Waals surface area (Å²) in [5.74, 6) is -1.02. The van der Waals surface area contributed by atoms with E-state index in [1.54, 1.807) is 5.32 Å². The minimum atomic E-state index is -4.58. The molecule has 0 aromatic rings. The number of nitrogens with zero attached hydrogens (tertiary/aromatic N) is 1. The number of halogens is 6. The first-order valence-corrected chi connectivity index (χ1v) is 5.06. The van der Waals surface area contributed by atoms with Crippen LogP contribution >= 0.6 is 0 Å². The lowest BCUT2D eigenvalue weighted by molar-refractivity contribution is -0.164. The van der Waals surface area contributed by atoms with Crippen molar-refractivity contribution >= 4 is 5.91 Å². The van der Waals surface area contributed by atoms with E-state index in [9.17, 15) is 31.1 Å². The van der Waals surface area contributed by atoms with E-state index in [0.717, 1.165) is 0 Å². The molecule has 3 nitrogen and oxygen atoms in total. The van der Waals surface area contributed by atoms with Gasteiger partial charge in [-0.3, -0.25) is 4.79 Å². The van der Waals surface area contributed by atoms with Crippen LogP contribution in [0.2, 0.25) is 0 Å². The molecule has 0 aromatic carbocycles. The molecule has 0 saturated carbocycles. The van der Waals surface area contributed by atoms with E-state index in [-0.39, 0.29) is 0 Å². The van der Waals surface area contributed by atoms with Crippen LogP contribution in [0.15, 0.2) is 0 Å². The molecule has 0 saturated heterocycles. The molecule has 18 heavy (non-hydrogen) atoms. The summed E-state index contributed by atoms with van der Waals surface area (Å²) in [6.07, 6.45) is -9.09. The van der Waals surface area contributed by atoms with Gasteiger partial charge in [-0.2, -0.15) is 26.3 Å². The second kappa shape index (κ2) is 6.26. The number of rotatable bonds is 5. The molecule has 0 rings (SSSR count). The Morgan fingerprint density at radius 3 is 1.94 bits per heavy atom. The maximum Gasteiger partial charge on any atom is 0.406 e. The molecular formula is C9H14F6N2O. The first-order chi connectivity index (χ1) is 7.92. The van der Waals surface area contributed by atoms with Crippen LogP contribution in [0.25, 0.3) is 0 Å². The molecule has 1 N–H and O–H groups in total. The lowest BCUT2D eigenvalue weighted by Crippen LogP contribution is -2.47. The third-order valence-corrected chi connectivity index (χ3v) is 1.89. The Labute approximate surface area is 100 Å². The molecular weight excluding hydrogens is 266 g/mol. The summed E-state index contributed by atoms with van der Waals surface area (Å²) < 4.78 is 71.7. The van der Waals surface area contributed by atoms with Gasteiger partial charge in [0.2, 0.25) is 5.91 Å². The molecule has 0 bridgehead atoms. The highest BCUT2D eigenvalue weighted by Crippen LogP contribution is 2.18. The SMILES string of the molecule is CC(C)N(CC(F)(F)F)C(=O)CNCC(F)(F)F. The van der Waals surface area contributed by atoms with Crippen LogP contribution in [-0.4, -0.2) is 48.8 Å². The van der Waals surface area contributed by atoms with Gasteiger partial charge in [-0.05, 0) is 13.8 Å². The Hall–Kier alpha value is -0.990. The highest BCUT2D eigenvalue weighted by atomic mass is 19.4. The normalized spacial score (nSPS) is 12.9. The molecule has 0 aliphatic carbocycles. The zero-order valence-corrected chi connectivity index (χ0v) is 9.82. The van der Waals surface area contributed by atoms with Gasteiger partial charge in [-0.25, -0.2) is 0 Å². The third-order valence-electron chi connectivity index (χ3n) is 1.89. The van der Waals surface area contributed by atoms with Crippen molar-refractivity contribution < 1.29 is 31.1 Å². The van der Waals surface area contributed by atoms with Gasteiger partial charge in [-0.15, -0.1) is 0 Å². The van der Waals surface area contributed by atoms with Gasteiger partial charge < -0.3 is 10.2 Å². The van der Waals surface area contributed by atoms with Gasteiger partial charge >= 0.3 is 12.4 Å². The summed E-state index contributed by atoms with van der Waals surface area (Å²) in [5.41, 5.74) is 0. The molecule has 0 aliphatic rings. The molecule has 0 aliphatic heterocycles. The summed E-state index contributed by atoms with van der Waals surface area (Å²) in [5, 5.41) is 1.76. The van der Waals surface area contributed by atoms with Crippen LogP contribution in [0.5, 0.6) is 0 Å². The second-order valence-electron chi connectivity index (χ2n) is 3.95. The maximum atomic E-state index is 12.1. The number of hydrogen-bond acceptors (Lipinski definition) is 2. The van der Waals surface area contributed by atoms with E-state index in [1.165, 1.54) is 13.8 Å². The van der Waals surface area contributed by atoms with Crippen LogP contribution in [0.3, 0.4) is 0 Å². The van der Waals surface area contributed by atoms with Gasteiger partial charge in [0, 0.05) is 6.04 Å². The fourth-order valence-corrected chi connectivity index (χ4v) is 1.16. The zero-order valence-electron chi connectivity index (χ0n) is 9.82. The number of hydrogen-bond donors (Lipinski definition) is 1. The summed E-state index contributed by atoms with van der Waals surface area (Å²) in [7, 11) is 0. The fraction of sp³-hybridized carbons (Fsp3) is 0.889. The molecule has 108 valence electrons. The van der Waals surface area contributed by atoms with E-state index in [4.69, 9.17) is 0 Å². The first kappa shape index (κ1) is 17.0. The Morgan fingerprint density at radius 1 is 1.11 bits per heavy atom. The van der Waals surface area contributed by atoms with E-state index < -0.39 is 43.9 Å². The lowest BCUT2D eigenvalue weighted by Gasteiger charge is -2.28. The van der Waals surface area contributed by atoms with Crippen molar-refractivity contribution in [2.24, 2.45) is 0 Å². The van der Waals surface area contributed by atoms with Crippen molar-refractivity contribution in [1.29, 1.82) is 0 Å². The monoisotopic (exact) mass is 280 g/mol. The summed E-state index contributed by atoms with van der Waals surface area (Å²) >= 11 is 0. The fourth-order valence-electron chi connectivity index (χ4n) is 1.16. The van der Waals surface area contributed by atoms with Gasteiger partial charge in [0.25, 0.3) is 0 Å². The molecule has 0 fully saturated rings. The molecule has 1 amide bonds. The molecule has 0 heterocycles. The summed E-state index contributed by atoms with van der Waals surface area (Å²) in [6.45, 7) is -0.970. The van der Waals surface area contributed by atoms with Gasteiger partial charge in [0.1, 0.15) is 6.54 Å². The average Bonchev–Trinajstić information content (AvgIpc) is 2.09. The summed E-state index contributed by atoms with van der Waals surface area (Å²) in [4.78, 5) is 11.8. The van der Waals surface area contributed by atoms with Crippen LogP contribution < -0.4 is 5.32 Å². The smallest absolute Gasteiger partial charge is 0.330 e. The lowest BCUT2D eigenvalue weighted by atomic mass is 10.3.